The highest BCUT2D eigenvalue weighted by Crippen LogP contribution is 2.24. The zero-order valence-electron chi connectivity index (χ0n) is 18.5. The van der Waals surface area contributed by atoms with Crippen LogP contribution in [0, 0.1) is 5.41 Å². The van der Waals surface area contributed by atoms with Crippen LogP contribution in [-0.2, 0) is 0 Å². The van der Waals surface area contributed by atoms with E-state index >= 15 is 0 Å². The Bertz CT molecular complexity index is 1050. The van der Waals surface area contributed by atoms with Crippen molar-refractivity contribution in [3.63, 3.8) is 0 Å². The fourth-order valence-electron chi connectivity index (χ4n) is 4.19. The lowest BCUT2D eigenvalue weighted by Gasteiger charge is -2.26. The van der Waals surface area contributed by atoms with E-state index in [9.17, 15) is 0 Å². The van der Waals surface area contributed by atoms with E-state index in [0.717, 1.165) is 34.5 Å². The minimum absolute atomic E-state index is 0.149. The summed E-state index contributed by atoms with van der Waals surface area (Å²) in [5.41, 5.74) is 3.86. The van der Waals surface area contributed by atoms with E-state index in [1.54, 1.807) is 6.07 Å². The third kappa shape index (κ3) is 5.63. The standard InChI is InChI=1S/C25H30ClN5O/c1-28-17-21(19-15-23-22(29-16-19)9-10-24(26)30-23)25(27)18-5-7-20(8-6-18)32-14-13-31-11-3-2-4-12-31/h5-10,15-16,21,27-28H,2-4,11-14,17H2,1H3. The van der Waals surface area contributed by atoms with Gasteiger partial charge in [0.15, 0.2) is 0 Å². The van der Waals surface area contributed by atoms with Gasteiger partial charge in [-0.25, -0.2) is 4.98 Å². The molecule has 7 heteroatoms. The topological polar surface area (TPSA) is 74.1 Å². The molecule has 6 nitrogen and oxygen atoms in total. The zero-order chi connectivity index (χ0) is 22.3. The Kier molecular flexibility index (Phi) is 7.68. The van der Waals surface area contributed by atoms with Crippen molar-refractivity contribution >= 4 is 28.3 Å². The van der Waals surface area contributed by atoms with Gasteiger partial charge in [-0.1, -0.05) is 18.0 Å². The number of piperidine rings is 1. The van der Waals surface area contributed by atoms with Gasteiger partial charge in [-0.15, -0.1) is 0 Å². The van der Waals surface area contributed by atoms with Crippen LogP contribution in [0.4, 0.5) is 0 Å². The third-order valence-corrected chi connectivity index (χ3v) is 6.18. The first kappa shape index (κ1) is 22.6. The molecule has 2 aromatic heterocycles. The summed E-state index contributed by atoms with van der Waals surface area (Å²) in [6.07, 6.45) is 5.76. The van der Waals surface area contributed by atoms with Crippen LogP contribution in [0.3, 0.4) is 0 Å². The predicted octanol–water partition coefficient (Wildman–Crippen LogP) is 4.52. The highest BCUT2D eigenvalue weighted by atomic mass is 35.5. The molecule has 1 aliphatic heterocycles. The smallest absolute Gasteiger partial charge is 0.129 e. The number of nitrogens with one attached hydrogen (secondary N) is 2. The molecule has 1 atom stereocenters. The number of benzene rings is 1. The van der Waals surface area contributed by atoms with E-state index in [1.807, 2.05) is 49.6 Å². The summed E-state index contributed by atoms with van der Waals surface area (Å²) in [5.74, 6) is 0.693. The predicted molar refractivity (Wildman–Crippen MR) is 130 cm³/mol. The van der Waals surface area contributed by atoms with Crippen LogP contribution in [0.2, 0.25) is 5.15 Å². The van der Waals surface area contributed by atoms with Crippen LogP contribution < -0.4 is 10.1 Å². The van der Waals surface area contributed by atoms with Crippen molar-refractivity contribution in [3.8, 4) is 5.75 Å². The van der Waals surface area contributed by atoms with Crippen molar-refractivity contribution in [1.29, 1.82) is 5.41 Å². The Labute approximate surface area is 194 Å². The number of rotatable bonds is 9. The molecule has 168 valence electrons. The van der Waals surface area contributed by atoms with E-state index < -0.39 is 0 Å². The van der Waals surface area contributed by atoms with Crippen LogP contribution in [-0.4, -0.2) is 60.4 Å². The van der Waals surface area contributed by atoms with Crippen LogP contribution in [0.5, 0.6) is 5.75 Å². The molecule has 2 N–H and O–H groups in total. The molecule has 0 aliphatic carbocycles. The summed E-state index contributed by atoms with van der Waals surface area (Å²) in [7, 11) is 1.89. The summed E-state index contributed by atoms with van der Waals surface area (Å²) >= 11 is 6.06. The van der Waals surface area contributed by atoms with Gasteiger partial charge in [0.1, 0.15) is 17.5 Å². The number of hydrogen-bond donors (Lipinski definition) is 2. The lowest BCUT2D eigenvalue weighted by Crippen LogP contribution is -2.33. The number of aromatic nitrogens is 2. The van der Waals surface area contributed by atoms with Crippen molar-refractivity contribution < 1.29 is 4.74 Å². The number of fused-ring (bicyclic) bond motifs is 1. The number of ether oxygens (including phenoxy) is 1. The molecule has 3 aromatic rings. The Morgan fingerprint density at radius 3 is 2.66 bits per heavy atom. The summed E-state index contributed by atoms with van der Waals surface area (Å²) < 4.78 is 5.94. The molecular weight excluding hydrogens is 422 g/mol. The average molecular weight is 452 g/mol. The Morgan fingerprint density at radius 2 is 1.91 bits per heavy atom. The maximum atomic E-state index is 8.86. The van der Waals surface area contributed by atoms with Gasteiger partial charge in [0.25, 0.3) is 0 Å². The van der Waals surface area contributed by atoms with Crippen molar-refractivity contribution in [2.45, 2.75) is 25.2 Å². The van der Waals surface area contributed by atoms with Crippen molar-refractivity contribution in [1.82, 2.24) is 20.2 Å². The van der Waals surface area contributed by atoms with Crippen LogP contribution in [0.1, 0.15) is 36.3 Å². The van der Waals surface area contributed by atoms with Crippen LogP contribution in [0.15, 0.2) is 48.7 Å². The van der Waals surface area contributed by atoms with Gasteiger partial charge in [-0.2, -0.15) is 0 Å². The number of likely N-dealkylation sites (tertiary alicyclic amines) is 1. The quantitative estimate of drug-likeness (QED) is 0.369. The molecule has 32 heavy (non-hydrogen) atoms. The molecule has 1 aromatic carbocycles. The van der Waals surface area contributed by atoms with E-state index in [-0.39, 0.29) is 5.92 Å². The van der Waals surface area contributed by atoms with Crippen molar-refractivity contribution in [2.24, 2.45) is 0 Å². The SMILES string of the molecule is CNCC(C(=N)c1ccc(OCCN2CCCCC2)cc1)c1cnc2ccc(Cl)nc2c1. The fraction of sp³-hybridized carbons (Fsp3) is 0.400. The fourth-order valence-corrected chi connectivity index (χ4v) is 4.34. The van der Waals surface area contributed by atoms with E-state index in [2.05, 4.69) is 20.2 Å². The second-order valence-corrected chi connectivity index (χ2v) is 8.63. The molecule has 0 amide bonds. The lowest BCUT2D eigenvalue weighted by atomic mass is 9.90. The highest BCUT2D eigenvalue weighted by Gasteiger charge is 2.19. The minimum atomic E-state index is -0.149. The molecule has 3 heterocycles. The van der Waals surface area contributed by atoms with E-state index in [0.29, 0.717) is 24.0 Å². The lowest BCUT2D eigenvalue weighted by molar-refractivity contribution is 0.183. The van der Waals surface area contributed by atoms with E-state index in [4.69, 9.17) is 21.7 Å². The van der Waals surface area contributed by atoms with Gasteiger partial charge < -0.3 is 15.5 Å². The number of halogens is 1. The molecule has 1 unspecified atom stereocenters. The Balaban J connectivity index is 1.43. The van der Waals surface area contributed by atoms with Crippen molar-refractivity contribution in [3.05, 3.63) is 64.9 Å². The molecule has 4 rings (SSSR count). The molecular formula is C25H30ClN5O. The molecule has 0 spiro atoms. The third-order valence-electron chi connectivity index (χ3n) is 5.97. The highest BCUT2D eigenvalue weighted by molar-refractivity contribution is 6.29. The maximum Gasteiger partial charge on any atom is 0.129 e. The van der Waals surface area contributed by atoms with Gasteiger partial charge in [0, 0.05) is 30.9 Å². The Hall–Kier alpha value is -2.54. The van der Waals surface area contributed by atoms with Gasteiger partial charge in [0.2, 0.25) is 0 Å². The monoisotopic (exact) mass is 451 g/mol. The largest absolute Gasteiger partial charge is 0.492 e. The zero-order valence-corrected chi connectivity index (χ0v) is 19.2. The molecule has 1 fully saturated rings. The van der Waals surface area contributed by atoms with E-state index in [1.165, 1.54) is 32.4 Å². The summed E-state index contributed by atoms with van der Waals surface area (Å²) in [6, 6.07) is 13.4. The second-order valence-electron chi connectivity index (χ2n) is 8.24. The first-order valence-corrected chi connectivity index (χ1v) is 11.6. The van der Waals surface area contributed by atoms with Crippen molar-refractivity contribution in [2.75, 3.05) is 39.8 Å². The Morgan fingerprint density at radius 1 is 1.12 bits per heavy atom. The average Bonchev–Trinajstić information content (AvgIpc) is 2.83. The number of pyridine rings is 2. The normalized spacial score (nSPS) is 15.6. The molecule has 0 radical (unpaired) electrons. The molecule has 0 saturated carbocycles. The summed E-state index contributed by atoms with van der Waals surface area (Å²) in [6.45, 7) is 4.64. The number of nitrogens with zero attached hydrogens (tertiary/aromatic N) is 3. The number of likely N-dealkylation sites (N-methyl/N-ethyl adjacent to an activating group) is 1. The molecule has 1 saturated heterocycles. The van der Waals surface area contributed by atoms with Crippen LogP contribution >= 0.6 is 11.6 Å². The first-order chi connectivity index (χ1) is 15.6. The summed E-state index contributed by atoms with van der Waals surface area (Å²) in [5, 5.41) is 12.5. The van der Waals surface area contributed by atoms with Gasteiger partial charge in [-0.05, 0) is 86.6 Å². The number of hydrogen-bond acceptors (Lipinski definition) is 6. The van der Waals surface area contributed by atoms with Gasteiger partial charge >= 0.3 is 0 Å². The minimum Gasteiger partial charge on any atom is -0.492 e. The van der Waals surface area contributed by atoms with Gasteiger partial charge in [-0.3, -0.25) is 9.88 Å². The first-order valence-electron chi connectivity index (χ1n) is 11.2. The van der Waals surface area contributed by atoms with Crippen LogP contribution in [0.25, 0.3) is 11.0 Å². The molecule has 1 aliphatic rings. The second kappa shape index (κ2) is 10.9. The maximum absolute atomic E-state index is 8.86. The summed E-state index contributed by atoms with van der Waals surface area (Å²) in [4.78, 5) is 11.4. The van der Waals surface area contributed by atoms with Gasteiger partial charge in [0.05, 0.1) is 11.0 Å². The molecule has 0 bridgehead atoms.